The Morgan fingerprint density at radius 1 is 1.45 bits per heavy atom. The lowest BCUT2D eigenvalue weighted by Gasteiger charge is -2.13. The Kier molecular flexibility index (Phi) is 6.11. The molecule has 0 heterocycles. The van der Waals surface area contributed by atoms with E-state index in [1.54, 1.807) is 6.92 Å². The molecule has 0 aliphatic carbocycles. The van der Waals surface area contributed by atoms with E-state index in [1.807, 2.05) is 6.92 Å². The van der Waals surface area contributed by atoms with Gasteiger partial charge in [-0.15, -0.1) is 0 Å². The maximum atomic E-state index is 13.6. The standard InChI is InChI=1S/C14H18FNO4/c1-3-4-7-20-9(2)13(17)16-12-6-5-10(14(18)19)8-11(12)15/h5-6,8-9H,3-4,7H2,1-2H3,(H,16,17)(H,18,19). The van der Waals surface area contributed by atoms with E-state index in [2.05, 4.69) is 5.32 Å². The first-order valence-electron chi connectivity index (χ1n) is 6.41. The zero-order chi connectivity index (χ0) is 15.1. The van der Waals surface area contributed by atoms with Gasteiger partial charge in [-0.2, -0.15) is 0 Å². The van der Waals surface area contributed by atoms with E-state index in [0.29, 0.717) is 6.61 Å². The quantitative estimate of drug-likeness (QED) is 0.754. The molecule has 0 aliphatic heterocycles. The van der Waals surface area contributed by atoms with Gasteiger partial charge in [-0.25, -0.2) is 9.18 Å². The van der Waals surface area contributed by atoms with Gasteiger partial charge in [-0.3, -0.25) is 4.79 Å². The molecule has 1 aromatic rings. The van der Waals surface area contributed by atoms with Gasteiger partial charge >= 0.3 is 5.97 Å². The van der Waals surface area contributed by atoms with Crippen LogP contribution in [0, 0.1) is 5.82 Å². The first-order valence-corrected chi connectivity index (χ1v) is 6.41. The van der Waals surface area contributed by atoms with Gasteiger partial charge in [0.2, 0.25) is 0 Å². The number of carbonyl (C=O) groups is 2. The van der Waals surface area contributed by atoms with E-state index in [-0.39, 0.29) is 11.3 Å². The van der Waals surface area contributed by atoms with Crippen LogP contribution in [0.4, 0.5) is 10.1 Å². The number of halogens is 1. The van der Waals surface area contributed by atoms with Crippen LogP contribution < -0.4 is 5.32 Å². The number of amides is 1. The zero-order valence-electron chi connectivity index (χ0n) is 11.5. The third kappa shape index (κ3) is 4.62. The number of nitrogens with one attached hydrogen (secondary N) is 1. The van der Waals surface area contributed by atoms with Crippen LogP contribution in [0.15, 0.2) is 18.2 Å². The average molecular weight is 283 g/mol. The second kappa shape index (κ2) is 7.59. The summed E-state index contributed by atoms with van der Waals surface area (Å²) in [5.74, 6) is -2.49. The molecule has 1 unspecified atom stereocenters. The van der Waals surface area contributed by atoms with Crippen LogP contribution in [-0.2, 0) is 9.53 Å². The minimum absolute atomic E-state index is 0.0639. The van der Waals surface area contributed by atoms with Gasteiger partial charge in [0.25, 0.3) is 5.91 Å². The topological polar surface area (TPSA) is 75.6 Å². The Bertz CT molecular complexity index is 490. The van der Waals surface area contributed by atoms with Crippen LogP contribution in [0.3, 0.4) is 0 Å². The van der Waals surface area contributed by atoms with Crippen molar-refractivity contribution in [1.82, 2.24) is 0 Å². The molecule has 6 heteroatoms. The van der Waals surface area contributed by atoms with E-state index >= 15 is 0 Å². The zero-order valence-corrected chi connectivity index (χ0v) is 11.5. The van der Waals surface area contributed by atoms with E-state index in [9.17, 15) is 14.0 Å². The van der Waals surface area contributed by atoms with E-state index in [0.717, 1.165) is 18.9 Å². The molecular weight excluding hydrogens is 265 g/mol. The summed E-state index contributed by atoms with van der Waals surface area (Å²) in [7, 11) is 0. The monoisotopic (exact) mass is 283 g/mol. The summed E-state index contributed by atoms with van der Waals surface area (Å²) >= 11 is 0. The number of carboxylic acid groups (broad SMARTS) is 1. The van der Waals surface area contributed by atoms with E-state index in [1.165, 1.54) is 12.1 Å². The molecule has 1 aromatic carbocycles. The maximum Gasteiger partial charge on any atom is 0.335 e. The van der Waals surface area contributed by atoms with Crippen LogP contribution in [0.2, 0.25) is 0 Å². The van der Waals surface area contributed by atoms with Crippen LogP contribution in [0.25, 0.3) is 0 Å². The highest BCUT2D eigenvalue weighted by molar-refractivity contribution is 5.95. The summed E-state index contributed by atoms with van der Waals surface area (Å²) in [6, 6.07) is 3.31. The molecule has 0 spiro atoms. The van der Waals surface area contributed by atoms with Crippen LogP contribution in [-0.4, -0.2) is 29.7 Å². The summed E-state index contributed by atoms with van der Waals surface area (Å²) < 4.78 is 18.9. The average Bonchev–Trinajstić information content (AvgIpc) is 2.40. The number of ether oxygens (including phenoxy) is 1. The van der Waals surface area contributed by atoms with Crippen molar-refractivity contribution in [3.05, 3.63) is 29.6 Å². The van der Waals surface area contributed by atoms with Crippen molar-refractivity contribution in [1.29, 1.82) is 0 Å². The molecule has 0 aromatic heterocycles. The van der Waals surface area contributed by atoms with Crippen molar-refractivity contribution in [3.63, 3.8) is 0 Å². The number of benzene rings is 1. The molecular formula is C14H18FNO4. The number of hydrogen-bond acceptors (Lipinski definition) is 3. The van der Waals surface area contributed by atoms with Gasteiger partial charge in [-0.05, 0) is 31.5 Å². The van der Waals surface area contributed by atoms with Crippen molar-refractivity contribution in [3.8, 4) is 0 Å². The Hall–Kier alpha value is -1.95. The Labute approximate surface area is 116 Å². The lowest BCUT2D eigenvalue weighted by atomic mass is 10.2. The Morgan fingerprint density at radius 2 is 2.15 bits per heavy atom. The molecule has 0 bridgehead atoms. The summed E-state index contributed by atoms with van der Waals surface area (Å²) in [5, 5.41) is 11.1. The van der Waals surface area contributed by atoms with Gasteiger partial charge in [0.1, 0.15) is 11.9 Å². The summed E-state index contributed by atoms with van der Waals surface area (Å²) in [4.78, 5) is 22.4. The van der Waals surface area contributed by atoms with Crippen molar-refractivity contribution in [2.75, 3.05) is 11.9 Å². The predicted molar refractivity (Wildman–Crippen MR) is 72.3 cm³/mol. The van der Waals surface area contributed by atoms with Crippen LogP contribution >= 0.6 is 0 Å². The first kappa shape index (κ1) is 16.1. The van der Waals surface area contributed by atoms with Crippen molar-refractivity contribution >= 4 is 17.6 Å². The highest BCUT2D eigenvalue weighted by atomic mass is 19.1. The summed E-state index contributed by atoms with van der Waals surface area (Å²) in [5.41, 5.74) is -0.237. The first-order chi connectivity index (χ1) is 9.45. The minimum atomic E-state index is -1.22. The molecule has 0 saturated heterocycles. The highest BCUT2D eigenvalue weighted by Crippen LogP contribution is 2.16. The fourth-order valence-corrected chi connectivity index (χ4v) is 1.46. The van der Waals surface area contributed by atoms with Gasteiger partial charge < -0.3 is 15.2 Å². The number of unbranched alkanes of at least 4 members (excludes halogenated alkanes) is 1. The Balaban J connectivity index is 2.64. The van der Waals surface area contributed by atoms with Crippen LogP contribution in [0.5, 0.6) is 0 Å². The van der Waals surface area contributed by atoms with Crippen molar-refractivity contribution in [2.24, 2.45) is 0 Å². The second-order valence-corrected chi connectivity index (χ2v) is 4.36. The van der Waals surface area contributed by atoms with Crippen LogP contribution in [0.1, 0.15) is 37.0 Å². The smallest absolute Gasteiger partial charge is 0.335 e. The fourth-order valence-electron chi connectivity index (χ4n) is 1.46. The summed E-state index contributed by atoms with van der Waals surface area (Å²) in [6.07, 6.45) is 1.11. The molecule has 1 amide bonds. The number of aromatic carboxylic acids is 1. The maximum absolute atomic E-state index is 13.6. The molecule has 5 nitrogen and oxygen atoms in total. The second-order valence-electron chi connectivity index (χ2n) is 4.36. The molecule has 0 fully saturated rings. The largest absolute Gasteiger partial charge is 0.478 e. The van der Waals surface area contributed by atoms with Crippen molar-refractivity contribution in [2.45, 2.75) is 32.8 Å². The molecule has 0 saturated carbocycles. The molecule has 0 radical (unpaired) electrons. The third-order valence-electron chi connectivity index (χ3n) is 2.71. The third-order valence-corrected chi connectivity index (χ3v) is 2.71. The van der Waals surface area contributed by atoms with Gasteiger partial charge in [0, 0.05) is 6.61 Å². The number of carbonyl (C=O) groups excluding carboxylic acids is 1. The number of carboxylic acids is 1. The van der Waals surface area contributed by atoms with E-state index in [4.69, 9.17) is 9.84 Å². The number of rotatable bonds is 7. The lowest BCUT2D eigenvalue weighted by molar-refractivity contribution is -0.126. The Morgan fingerprint density at radius 3 is 2.70 bits per heavy atom. The van der Waals surface area contributed by atoms with Gasteiger partial charge in [-0.1, -0.05) is 13.3 Å². The fraction of sp³-hybridized carbons (Fsp3) is 0.429. The predicted octanol–water partition coefficient (Wildman–Crippen LogP) is 2.67. The van der Waals surface area contributed by atoms with E-state index < -0.39 is 23.8 Å². The molecule has 20 heavy (non-hydrogen) atoms. The molecule has 2 N–H and O–H groups in total. The van der Waals surface area contributed by atoms with Gasteiger partial charge in [0.05, 0.1) is 11.3 Å². The minimum Gasteiger partial charge on any atom is -0.478 e. The molecule has 110 valence electrons. The van der Waals surface area contributed by atoms with Crippen molar-refractivity contribution < 1.29 is 23.8 Å². The SMILES string of the molecule is CCCCOC(C)C(=O)Nc1ccc(C(=O)O)cc1F. The normalized spacial score (nSPS) is 11.9. The highest BCUT2D eigenvalue weighted by Gasteiger charge is 2.16. The van der Waals surface area contributed by atoms with Gasteiger partial charge in [0.15, 0.2) is 0 Å². The molecule has 0 aliphatic rings. The molecule has 1 rings (SSSR count). The number of anilines is 1. The summed E-state index contributed by atoms with van der Waals surface area (Å²) in [6.45, 7) is 4.05. The lowest BCUT2D eigenvalue weighted by Crippen LogP contribution is -2.28. The molecule has 1 atom stereocenters. The number of hydrogen-bond donors (Lipinski definition) is 2.